The van der Waals surface area contributed by atoms with Crippen LogP contribution in [0.15, 0.2) is 54.6 Å². The van der Waals surface area contributed by atoms with Gasteiger partial charge in [-0.1, -0.05) is 30.3 Å². The topological polar surface area (TPSA) is 84.9 Å². The van der Waals surface area contributed by atoms with E-state index in [0.29, 0.717) is 30.8 Å². The highest BCUT2D eigenvalue weighted by Gasteiger charge is 2.35. The lowest BCUT2D eigenvalue weighted by molar-refractivity contribution is -0.120. The highest BCUT2D eigenvalue weighted by Crippen LogP contribution is 2.21. The summed E-state index contributed by atoms with van der Waals surface area (Å²) in [4.78, 5) is 38.3. The van der Waals surface area contributed by atoms with E-state index in [1.807, 2.05) is 30.3 Å². The molecule has 7 nitrogen and oxygen atoms in total. The lowest BCUT2D eigenvalue weighted by Gasteiger charge is -2.23. The number of nitrogens with one attached hydrogen (secondary N) is 1. The second-order valence-corrected chi connectivity index (χ2v) is 6.68. The molecule has 1 aliphatic heterocycles. The van der Waals surface area contributed by atoms with Gasteiger partial charge < -0.3 is 14.8 Å². The van der Waals surface area contributed by atoms with Crippen molar-refractivity contribution in [1.29, 1.82) is 0 Å². The Labute approximate surface area is 169 Å². The standard InChI is InChI=1S/C22H24N2O5/c1-2-28-21(26)17-10-12-18(13-11-17)23-20(25)19-9-6-14-24(19)22(27)29-15-16-7-4-3-5-8-16/h3-5,7-8,10-13,19H,2,6,9,14-15H2,1H3,(H,23,25)/t19-/m1/s1. The monoisotopic (exact) mass is 396 g/mol. The molecule has 0 bridgehead atoms. The predicted octanol–water partition coefficient (Wildman–Crippen LogP) is 3.60. The number of carbonyl (C=O) groups excluding carboxylic acids is 3. The van der Waals surface area contributed by atoms with E-state index >= 15 is 0 Å². The van der Waals surface area contributed by atoms with Gasteiger partial charge in [-0.2, -0.15) is 0 Å². The second kappa shape index (κ2) is 9.73. The molecule has 1 fully saturated rings. The summed E-state index contributed by atoms with van der Waals surface area (Å²) in [7, 11) is 0. The zero-order valence-electron chi connectivity index (χ0n) is 16.3. The van der Waals surface area contributed by atoms with Crippen molar-refractivity contribution in [3.63, 3.8) is 0 Å². The van der Waals surface area contributed by atoms with Crippen LogP contribution >= 0.6 is 0 Å². The maximum Gasteiger partial charge on any atom is 0.410 e. The van der Waals surface area contributed by atoms with Crippen LogP contribution in [0, 0.1) is 0 Å². The van der Waals surface area contributed by atoms with Gasteiger partial charge in [-0.25, -0.2) is 9.59 Å². The van der Waals surface area contributed by atoms with E-state index in [1.165, 1.54) is 4.90 Å². The van der Waals surface area contributed by atoms with Crippen molar-refractivity contribution < 1.29 is 23.9 Å². The zero-order chi connectivity index (χ0) is 20.6. The first-order valence-electron chi connectivity index (χ1n) is 9.64. The molecule has 1 aliphatic rings. The maximum atomic E-state index is 12.7. The molecule has 0 saturated carbocycles. The Balaban J connectivity index is 1.56. The first-order chi connectivity index (χ1) is 14.1. The molecule has 1 atom stereocenters. The summed E-state index contributed by atoms with van der Waals surface area (Å²) in [6, 6.07) is 15.3. The van der Waals surface area contributed by atoms with Crippen molar-refractivity contribution in [1.82, 2.24) is 4.90 Å². The average molecular weight is 396 g/mol. The number of ether oxygens (including phenoxy) is 2. The minimum Gasteiger partial charge on any atom is -0.462 e. The highest BCUT2D eigenvalue weighted by atomic mass is 16.6. The number of hydrogen-bond acceptors (Lipinski definition) is 5. The summed E-state index contributed by atoms with van der Waals surface area (Å²) >= 11 is 0. The van der Waals surface area contributed by atoms with Crippen LogP contribution in [0.3, 0.4) is 0 Å². The quantitative estimate of drug-likeness (QED) is 0.754. The van der Waals surface area contributed by atoms with Crippen LogP contribution in [0.1, 0.15) is 35.7 Å². The summed E-state index contributed by atoms with van der Waals surface area (Å²) in [5, 5.41) is 2.80. The summed E-state index contributed by atoms with van der Waals surface area (Å²) in [5.74, 6) is -0.684. The van der Waals surface area contributed by atoms with Gasteiger partial charge in [0.25, 0.3) is 0 Å². The largest absolute Gasteiger partial charge is 0.462 e. The van der Waals surface area contributed by atoms with Crippen molar-refractivity contribution in [2.45, 2.75) is 32.4 Å². The number of nitrogens with zero attached hydrogens (tertiary/aromatic N) is 1. The Kier molecular flexibility index (Phi) is 6.84. The number of esters is 1. The third-order valence-electron chi connectivity index (χ3n) is 4.66. The summed E-state index contributed by atoms with van der Waals surface area (Å²) in [6.07, 6.45) is 0.817. The van der Waals surface area contributed by atoms with Gasteiger partial charge in [0.1, 0.15) is 12.6 Å². The Morgan fingerprint density at radius 3 is 2.45 bits per heavy atom. The maximum absolute atomic E-state index is 12.7. The molecule has 1 heterocycles. The number of amides is 2. The molecule has 1 N–H and O–H groups in total. The van der Waals surface area contributed by atoms with Crippen LogP contribution in [0.5, 0.6) is 0 Å². The zero-order valence-corrected chi connectivity index (χ0v) is 16.3. The Hall–Kier alpha value is -3.35. The van der Waals surface area contributed by atoms with Crippen LogP contribution in [0.25, 0.3) is 0 Å². The van der Waals surface area contributed by atoms with Gasteiger partial charge in [0.15, 0.2) is 0 Å². The van der Waals surface area contributed by atoms with Crippen LogP contribution < -0.4 is 5.32 Å². The molecule has 0 aromatic heterocycles. The fraction of sp³-hybridized carbons (Fsp3) is 0.318. The van der Waals surface area contributed by atoms with E-state index in [0.717, 1.165) is 12.0 Å². The van der Waals surface area contributed by atoms with Gasteiger partial charge in [-0.3, -0.25) is 9.69 Å². The molecule has 7 heteroatoms. The average Bonchev–Trinajstić information content (AvgIpc) is 3.24. The molecular formula is C22H24N2O5. The van der Waals surface area contributed by atoms with Crippen molar-refractivity contribution in [3.8, 4) is 0 Å². The third-order valence-corrected chi connectivity index (χ3v) is 4.66. The lowest BCUT2D eigenvalue weighted by Crippen LogP contribution is -2.43. The van der Waals surface area contributed by atoms with Crippen LogP contribution in [-0.4, -0.2) is 42.1 Å². The normalized spacial score (nSPS) is 15.6. The van der Waals surface area contributed by atoms with Gasteiger partial charge in [-0.15, -0.1) is 0 Å². The molecule has 0 unspecified atom stereocenters. The molecule has 2 aromatic rings. The number of anilines is 1. The number of rotatable bonds is 6. The van der Waals surface area contributed by atoms with E-state index in [-0.39, 0.29) is 12.5 Å². The molecule has 152 valence electrons. The Morgan fingerprint density at radius 1 is 1.03 bits per heavy atom. The van der Waals surface area contributed by atoms with E-state index in [9.17, 15) is 14.4 Å². The van der Waals surface area contributed by atoms with E-state index in [4.69, 9.17) is 9.47 Å². The van der Waals surface area contributed by atoms with E-state index in [2.05, 4.69) is 5.32 Å². The first-order valence-corrected chi connectivity index (χ1v) is 9.64. The molecule has 3 rings (SSSR count). The van der Waals surface area contributed by atoms with Crippen LogP contribution in [0.4, 0.5) is 10.5 Å². The number of carbonyl (C=O) groups is 3. The molecule has 0 radical (unpaired) electrons. The number of benzene rings is 2. The SMILES string of the molecule is CCOC(=O)c1ccc(NC(=O)[C@H]2CCCN2C(=O)OCc2ccccc2)cc1. The van der Waals surface area contributed by atoms with Crippen molar-refractivity contribution in [2.75, 3.05) is 18.5 Å². The van der Waals surface area contributed by atoms with Crippen molar-refractivity contribution in [3.05, 3.63) is 65.7 Å². The molecule has 0 aliphatic carbocycles. The number of likely N-dealkylation sites (tertiary alicyclic amines) is 1. The summed E-state index contributed by atoms with van der Waals surface area (Å²) in [6.45, 7) is 2.69. The predicted molar refractivity (Wildman–Crippen MR) is 107 cm³/mol. The number of hydrogen-bond donors (Lipinski definition) is 1. The summed E-state index contributed by atoms with van der Waals surface area (Å²) in [5.41, 5.74) is 1.85. The van der Waals surface area contributed by atoms with Crippen LogP contribution in [0.2, 0.25) is 0 Å². The molecule has 1 saturated heterocycles. The second-order valence-electron chi connectivity index (χ2n) is 6.68. The molecule has 29 heavy (non-hydrogen) atoms. The fourth-order valence-corrected chi connectivity index (χ4v) is 3.19. The molecular weight excluding hydrogens is 372 g/mol. The smallest absolute Gasteiger partial charge is 0.410 e. The third kappa shape index (κ3) is 5.34. The van der Waals surface area contributed by atoms with Crippen molar-refractivity contribution in [2.24, 2.45) is 0 Å². The molecule has 0 spiro atoms. The fourth-order valence-electron chi connectivity index (χ4n) is 3.19. The highest BCUT2D eigenvalue weighted by molar-refractivity contribution is 5.97. The van der Waals surface area contributed by atoms with Gasteiger partial charge >= 0.3 is 12.1 Å². The van der Waals surface area contributed by atoms with Crippen LogP contribution in [-0.2, 0) is 20.9 Å². The van der Waals surface area contributed by atoms with Gasteiger partial charge in [0.05, 0.1) is 12.2 Å². The van der Waals surface area contributed by atoms with Gasteiger partial charge in [0.2, 0.25) is 5.91 Å². The molecule has 2 amide bonds. The van der Waals surface area contributed by atoms with Gasteiger partial charge in [0, 0.05) is 12.2 Å². The summed E-state index contributed by atoms with van der Waals surface area (Å²) < 4.78 is 10.3. The Bertz CT molecular complexity index is 851. The minimum absolute atomic E-state index is 0.167. The van der Waals surface area contributed by atoms with Gasteiger partial charge in [-0.05, 0) is 49.6 Å². The lowest BCUT2D eigenvalue weighted by atomic mass is 10.2. The molecule has 2 aromatic carbocycles. The minimum atomic E-state index is -0.581. The Morgan fingerprint density at radius 2 is 1.76 bits per heavy atom. The van der Waals surface area contributed by atoms with E-state index in [1.54, 1.807) is 31.2 Å². The first kappa shape index (κ1) is 20.4. The van der Waals surface area contributed by atoms with E-state index < -0.39 is 18.1 Å². The van der Waals surface area contributed by atoms with Crippen molar-refractivity contribution >= 4 is 23.7 Å².